The third-order valence-electron chi connectivity index (χ3n) is 1.40. The smallest absolute Gasteiger partial charge is 0.237 e. The van der Waals surface area contributed by atoms with Crippen molar-refractivity contribution in [1.29, 1.82) is 0 Å². The lowest BCUT2D eigenvalue weighted by Gasteiger charge is -2.14. The van der Waals surface area contributed by atoms with Crippen LogP contribution in [0.5, 0.6) is 0 Å². The van der Waals surface area contributed by atoms with Gasteiger partial charge in [0.25, 0.3) is 0 Å². The number of rotatable bonds is 3. The highest BCUT2D eigenvalue weighted by molar-refractivity contribution is 5.78. The molecule has 4 N–H and O–H groups in total. The molecule has 0 aliphatic carbocycles. The minimum Gasteiger partial charge on any atom is -0.384 e. The van der Waals surface area contributed by atoms with Crippen LogP contribution in [0.4, 0.5) is 11.8 Å². The van der Waals surface area contributed by atoms with E-state index in [2.05, 4.69) is 9.97 Å². The minimum absolute atomic E-state index is 0.0729. The van der Waals surface area contributed by atoms with Crippen LogP contribution in [-0.2, 0) is 4.79 Å². The summed E-state index contributed by atoms with van der Waals surface area (Å²) in [5.41, 5.74) is 10.4. The summed E-state index contributed by atoms with van der Waals surface area (Å²) in [6.07, 6.45) is 1.52. The van der Waals surface area contributed by atoms with E-state index in [0.717, 1.165) is 0 Å². The topological polar surface area (TPSA) is 98.1 Å². The van der Waals surface area contributed by atoms with Gasteiger partial charge < -0.3 is 16.4 Å². The van der Waals surface area contributed by atoms with Crippen molar-refractivity contribution in [3.63, 3.8) is 0 Å². The number of primary amides is 1. The zero-order valence-electron chi connectivity index (χ0n) is 7.27. The Labute approximate surface area is 75.6 Å². The second-order valence-corrected chi connectivity index (χ2v) is 2.60. The maximum absolute atomic E-state index is 10.6. The van der Waals surface area contributed by atoms with Gasteiger partial charge in [-0.25, -0.2) is 4.98 Å². The van der Waals surface area contributed by atoms with Gasteiger partial charge in [0.05, 0.1) is 6.54 Å². The first-order valence-corrected chi connectivity index (χ1v) is 3.67. The van der Waals surface area contributed by atoms with Crippen LogP contribution in [0.2, 0.25) is 0 Å². The molecule has 1 amide bonds. The Hall–Kier alpha value is -1.85. The molecule has 0 saturated carbocycles. The monoisotopic (exact) mass is 181 g/mol. The van der Waals surface area contributed by atoms with Gasteiger partial charge in [0.15, 0.2) is 0 Å². The first-order chi connectivity index (χ1) is 6.09. The van der Waals surface area contributed by atoms with Gasteiger partial charge in [0.1, 0.15) is 5.82 Å². The highest BCUT2D eigenvalue weighted by Gasteiger charge is 2.06. The molecule has 1 aromatic rings. The van der Waals surface area contributed by atoms with Crippen LogP contribution in [0, 0.1) is 0 Å². The number of hydrogen-bond acceptors (Lipinski definition) is 5. The quantitative estimate of drug-likeness (QED) is 0.622. The molecule has 0 aromatic carbocycles. The number of anilines is 2. The number of likely N-dealkylation sites (N-methyl/N-ethyl adjacent to an activating group) is 1. The fourth-order valence-corrected chi connectivity index (χ4v) is 0.850. The van der Waals surface area contributed by atoms with Gasteiger partial charge in [-0.3, -0.25) is 4.79 Å². The van der Waals surface area contributed by atoms with Crippen LogP contribution >= 0.6 is 0 Å². The van der Waals surface area contributed by atoms with Gasteiger partial charge in [-0.2, -0.15) is 4.98 Å². The molecule has 1 rings (SSSR count). The molecule has 1 aromatic heterocycles. The van der Waals surface area contributed by atoms with Crippen molar-refractivity contribution in [3.05, 3.63) is 12.3 Å². The van der Waals surface area contributed by atoms with Crippen molar-refractivity contribution < 1.29 is 4.79 Å². The second-order valence-electron chi connectivity index (χ2n) is 2.60. The molecule has 1 heterocycles. The molecule has 0 spiro atoms. The lowest BCUT2D eigenvalue weighted by atomic mass is 10.5. The molecular weight excluding hydrogens is 170 g/mol. The molecule has 0 fully saturated rings. The Morgan fingerprint density at radius 2 is 2.38 bits per heavy atom. The van der Waals surface area contributed by atoms with E-state index >= 15 is 0 Å². The normalized spacial score (nSPS) is 9.62. The molecular formula is C7H11N5O. The average Bonchev–Trinajstić information content (AvgIpc) is 2.03. The summed E-state index contributed by atoms with van der Waals surface area (Å²) in [4.78, 5) is 19.9. The molecule has 0 radical (unpaired) electrons. The van der Waals surface area contributed by atoms with E-state index in [4.69, 9.17) is 11.5 Å². The Bertz CT molecular complexity index is 314. The van der Waals surface area contributed by atoms with E-state index in [1.807, 2.05) is 0 Å². The van der Waals surface area contributed by atoms with Gasteiger partial charge in [-0.15, -0.1) is 0 Å². The van der Waals surface area contributed by atoms with Crippen LogP contribution < -0.4 is 16.4 Å². The number of aromatic nitrogens is 2. The molecule has 70 valence electrons. The standard InChI is InChI=1S/C7H11N5O/c1-12(4-6(9)13)7-10-3-2-5(8)11-7/h2-3H,4H2,1H3,(H2,9,13)(H2,8,10,11). The van der Waals surface area contributed by atoms with Crippen LogP contribution in [-0.4, -0.2) is 29.5 Å². The lowest BCUT2D eigenvalue weighted by molar-refractivity contribution is -0.116. The zero-order chi connectivity index (χ0) is 9.84. The minimum atomic E-state index is -0.437. The van der Waals surface area contributed by atoms with E-state index in [0.29, 0.717) is 11.8 Å². The third-order valence-corrected chi connectivity index (χ3v) is 1.40. The maximum Gasteiger partial charge on any atom is 0.237 e. The molecule has 6 nitrogen and oxygen atoms in total. The molecule has 6 heteroatoms. The number of carbonyl (C=O) groups is 1. The van der Waals surface area contributed by atoms with E-state index in [1.54, 1.807) is 13.1 Å². The summed E-state index contributed by atoms with van der Waals surface area (Å²) in [5.74, 6) is 0.314. The Morgan fingerprint density at radius 3 is 2.92 bits per heavy atom. The first-order valence-electron chi connectivity index (χ1n) is 3.67. The van der Waals surface area contributed by atoms with Gasteiger partial charge in [0.2, 0.25) is 11.9 Å². The van der Waals surface area contributed by atoms with Crippen LogP contribution in [0.1, 0.15) is 0 Å². The lowest BCUT2D eigenvalue weighted by Crippen LogP contribution is -2.31. The highest BCUT2D eigenvalue weighted by atomic mass is 16.1. The Kier molecular flexibility index (Phi) is 2.63. The molecule has 0 aliphatic heterocycles. The average molecular weight is 181 g/mol. The molecule has 0 bridgehead atoms. The van der Waals surface area contributed by atoms with Gasteiger partial charge in [0, 0.05) is 13.2 Å². The molecule has 13 heavy (non-hydrogen) atoms. The summed E-state index contributed by atoms with van der Waals surface area (Å²) >= 11 is 0. The third kappa shape index (κ3) is 2.58. The number of hydrogen-bond donors (Lipinski definition) is 2. The largest absolute Gasteiger partial charge is 0.384 e. The van der Waals surface area contributed by atoms with Crippen molar-refractivity contribution in [2.24, 2.45) is 5.73 Å². The Morgan fingerprint density at radius 1 is 1.69 bits per heavy atom. The van der Waals surface area contributed by atoms with Crippen molar-refractivity contribution in [1.82, 2.24) is 9.97 Å². The fraction of sp³-hybridized carbons (Fsp3) is 0.286. The van der Waals surface area contributed by atoms with E-state index in [-0.39, 0.29) is 6.54 Å². The molecule has 0 atom stereocenters. The van der Waals surface area contributed by atoms with Gasteiger partial charge in [-0.05, 0) is 6.07 Å². The van der Waals surface area contributed by atoms with E-state index < -0.39 is 5.91 Å². The van der Waals surface area contributed by atoms with E-state index in [9.17, 15) is 4.79 Å². The van der Waals surface area contributed by atoms with Crippen LogP contribution in [0.25, 0.3) is 0 Å². The van der Waals surface area contributed by atoms with Crippen LogP contribution in [0.3, 0.4) is 0 Å². The van der Waals surface area contributed by atoms with Crippen LogP contribution in [0.15, 0.2) is 12.3 Å². The maximum atomic E-state index is 10.6. The zero-order valence-corrected chi connectivity index (χ0v) is 7.27. The SMILES string of the molecule is CN(CC(N)=O)c1nccc(N)n1. The second kappa shape index (κ2) is 3.70. The fourth-order valence-electron chi connectivity index (χ4n) is 0.850. The van der Waals surface area contributed by atoms with E-state index in [1.165, 1.54) is 11.1 Å². The summed E-state index contributed by atoms with van der Waals surface area (Å²) in [7, 11) is 1.67. The summed E-state index contributed by atoms with van der Waals surface area (Å²) < 4.78 is 0. The predicted molar refractivity (Wildman–Crippen MR) is 48.9 cm³/mol. The predicted octanol–water partition coefficient (Wildman–Crippen LogP) is -1.02. The summed E-state index contributed by atoms with van der Waals surface area (Å²) in [6.45, 7) is 0.0729. The summed E-state index contributed by atoms with van der Waals surface area (Å²) in [5, 5.41) is 0. The summed E-state index contributed by atoms with van der Waals surface area (Å²) in [6, 6.07) is 1.57. The van der Waals surface area contributed by atoms with Gasteiger partial charge in [-0.1, -0.05) is 0 Å². The van der Waals surface area contributed by atoms with Crippen molar-refractivity contribution >= 4 is 17.7 Å². The Balaban J connectivity index is 2.76. The number of nitrogens with zero attached hydrogens (tertiary/aromatic N) is 3. The first kappa shape index (κ1) is 9.24. The number of nitrogen functional groups attached to an aromatic ring is 1. The molecule has 0 aliphatic rings. The van der Waals surface area contributed by atoms with Crippen molar-refractivity contribution in [2.45, 2.75) is 0 Å². The highest BCUT2D eigenvalue weighted by Crippen LogP contribution is 2.05. The van der Waals surface area contributed by atoms with Crippen molar-refractivity contribution in [3.8, 4) is 0 Å². The number of amides is 1. The van der Waals surface area contributed by atoms with Crippen molar-refractivity contribution in [2.75, 3.05) is 24.2 Å². The molecule has 0 unspecified atom stereocenters. The number of nitrogens with two attached hydrogens (primary N) is 2. The molecule has 0 saturated heterocycles. The van der Waals surface area contributed by atoms with Gasteiger partial charge >= 0.3 is 0 Å². The number of carbonyl (C=O) groups excluding carboxylic acids is 1.